The molecule has 3 N–H and O–H groups in total. The molecule has 0 spiro atoms. The van der Waals surface area contributed by atoms with E-state index in [-0.39, 0.29) is 12.6 Å². The zero-order chi connectivity index (χ0) is 13.4. The number of carbonyl (C=O) groups is 1. The highest BCUT2D eigenvalue weighted by molar-refractivity contribution is 5.73. The molecule has 0 bridgehead atoms. The van der Waals surface area contributed by atoms with Crippen molar-refractivity contribution in [1.82, 2.24) is 15.6 Å². The van der Waals surface area contributed by atoms with Gasteiger partial charge in [-0.25, -0.2) is 9.78 Å². The molecule has 6 heteroatoms. The lowest BCUT2D eigenvalue weighted by Gasteiger charge is -2.12. The van der Waals surface area contributed by atoms with E-state index in [0.29, 0.717) is 19.5 Å². The van der Waals surface area contributed by atoms with Gasteiger partial charge in [-0.1, -0.05) is 0 Å². The summed E-state index contributed by atoms with van der Waals surface area (Å²) in [6.07, 6.45) is 2.28. The van der Waals surface area contributed by atoms with Gasteiger partial charge in [-0.15, -0.1) is 0 Å². The Kier molecular flexibility index (Phi) is 5.93. The van der Waals surface area contributed by atoms with Crippen LogP contribution in [0.1, 0.15) is 12.0 Å². The number of rotatable bonds is 6. The summed E-state index contributed by atoms with van der Waals surface area (Å²) in [6, 6.07) is 3.56. The molecule has 100 valence electrons. The first-order valence-electron chi connectivity index (χ1n) is 5.88. The Morgan fingerprint density at radius 3 is 2.89 bits per heavy atom. The fraction of sp³-hybridized carbons (Fsp3) is 0.500. The minimum Gasteiger partial charge on any atom is -0.396 e. The second kappa shape index (κ2) is 7.50. The van der Waals surface area contributed by atoms with Crippen molar-refractivity contribution in [2.45, 2.75) is 13.0 Å². The summed E-state index contributed by atoms with van der Waals surface area (Å²) >= 11 is 0. The van der Waals surface area contributed by atoms with Crippen molar-refractivity contribution in [2.75, 3.05) is 32.1 Å². The minimum atomic E-state index is -0.230. The van der Waals surface area contributed by atoms with E-state index in [1.807, 2.05) is 31.1 Å². The first-order chi connectivity index (χ1) is 8.63. The molecular weight excluding hydrogens is 232 g/mol. The summed E-state index contributed by atoms with van der Waals surface area (Å²) in [7, 11) is 3.84. The number of urea groups is 1. The van der Waals surface area contributed by atoms with Crippen LogP contribution in [-0.2, 0) is 6.54 Å². The quantitative estimate of drug-likeness (QED) is 0.638. The van der Waals surface area contributed by atoms with Gasteiger partial charge in [0.2, 0.25) is 0 Å². The lowest BCUT2D eigenvalue weighted by molar-refractivity contribution is 0.237. The molecule has 18 heavy (non-hydrogen) atoms. The van der Waals surface area contributed by atoms with Gasteiger partial charge in [-0.3, -0.25) is 0 Å². The maximum atomic E-state index is 11.4. The highest BCUT2D eigenvalue weighted by Crippen LogP contribution is 2.08. The van der Waals surface area contributed by atoms with E-state index >= 15 is 0 Å². The lowest BCUT2D eigenvalue weighted by Crippen LogP contribution is -2.35. The first kappa shape index (κ1) is 14.2. The number of aliphatic hydroxyl groups is 1. The minimum absolute atomic E-state index is 0.0802. The van der Waals surface area contributed by atoms with Gasteiger partial charge in [0.15, 0.2) is 0 Å². The van der Waals surface area contributed by atoms with E-state index < -0.39 is 0 Å². The number of carbonyl (C=O) groups excluding carboxylic acids is 1. The monoisotopic (exact) mass is 252 g/mol. The number of pyridine rings is 1. The fourth-order valence-corrected chi connectivity index (χ4v) is 1.34. The molecule has 0 aliphatic rings. The zero-order valence-corrected chi connectivity index (χ0v) is 10.8. The van der Waals surface area contributed by atoms with Crippen molar-refractivity contribution < 1.29 is 9.90 Å². The molecule has 0 atom stereocenters. The highest BCUT2D eigenvalue weighted by Gasteiger charge is 2.02. The number of hydrogen-bond donors (Lipinski definition) is 3. The van der Waals surface area contributed by atoms with Crippen molar-refractivity contribution in [1.29, 1.82) is 0 Å². The molecule has 0 aliphatic heterocycles. The second-order valence-corrected chi connectivity index (χ2v) is 4.10. The predicted octanol–water partition coefficient (Wildman–Crippen LogP) is 0.329. The molecule has 0 saturated carbocycles. The smallest absolute Gasteiger partial charge is 0.315 e. The van der Waals surface area contributed by atoms with Gasteiger partial charge in [-0.05, 0) is 24.1 Å². The molecule has 1 rings (SSSR count). The Morgan fingerprint density at radius 1 is 1.44 bits per heavy atom. The Bertz CT molecular complexity index is 382. The SMILES string of the molecule is CN(C)c1cc(CNC(=O)NCCCO)ccn1. The second-order valence-electron chi connectivity index (χ2n) is 4.10. The summed E-state index contributed by atoms with van der Waals surface area (Å²) in [6.45, 7) is 1.01. The average molecular weight is 252 g/mol. The summed E-state index contributed by atoms with van der Waals surface area (Å²) in [5.74, 6) is 0.856. The van der Waals surface area contributed by atoms with Gasteiger partial charge in [0.25, 0.3) is 0 Å². The third-order valence-electron chi connectivity index (χ3n) is 2.34. The van der Waals surface area contributed by atoms with Crippen LogP contribution in [0.3, 0.4) is 0 Å². The number of nitrogens with one attached hydrogen (secondary N) is 2. The molecule has 0 aliphatic carbocycles. The average Bonchev–Trinajstić information content (AvgIpc) is 2.37. The molecule has 0 unspecified atom stereocenters. The largest absolute Gasteiger partial charge is 0.396 e. The van der Waals surface area contributed by atoms with Crippen molar-refractivity contribution in [3.8, 4) is 0 Å². The van der Waals surface area contributed by atoms with Gasteiger partial charge in [-0.2, -0.15) is 0 Å². The Labute approximate surface area is 107 Å². The normalized spacial score (nSPS) is 9.94. The molecule has 6 nitrogen and oxygen atoms in total. The molecule has 0 fully saturated rings. The molecule has 0 saturated heterocycles. The summed E-state index contributed by atoms with van der Waals surface area (Å²) in [5, 5.41) is 14.0. The van der Waals surface area contributed by atoms with E-state index in [0.717, 1.165) is 11.4 Å². The van der Waals surface area contributed by atoms with E-state index in [9.17, 15) is 4.79 Å². The third-order valence-corrected chi connectivity index (χ3v) is 2.34. The number of anilines is 1. The fourth-order valence-electron chi connectivity index (χ4n) is 1.34. The van der Waals surface area contributed by atoms with Crippen molar-refractivity contribution in [3.05, 3.63) is 23.9 Å². The van der Waals surface area contributed by atoms with Gasteiger partial charge < -0.3 is 20.6 Å². The zero-order valence-electron chi connectivity index (χ0n) is 10.8. The third kappa shape index (κ3) is 5.01. The van der Waals surface area contributed by atoms with Crippen LogP contribution in [0.15, 0.2) is 18.3 Å². The number of amides is 2. The van der Waals surface area contributed by atoms with Crippen LogP contribution >= 0.6 is 0 Å². The van der Waals surface area contributed by atoms with E-state index in [1.54, 1.807) is 6.20 Å². The summed E-state index contributed by atoms with van der Waals surface area (Å²) < 4.78 is 0. The standard InChI is InChI=1S/C12H20N4O2/c1-16(2)11-8-10(4-6-13-11)9-15-12(18)14-5-3-7-17/h4,6,8,17H,3,5,7,9H2,1-2H3,(H2,14,15,18). The number of nitrogens with zero attached hydrogens (tertiary/aromatic N) is 2. The van der Waals surface area contributed by atoms with Gasteiger partial charge in [0.05, 0.1) is 0 Å². The Morgan fingerprint density at radius 2 is 2.22 bits per heavy atom. The van der Waals surface area contributed by atoms with Gasteiger partial charge >= 0.3 is 6.03 Å². The van der Waals surface area contributed by atoms with Crippen LogP contribution in [0.25, 0.3) is 0 Å². The first-order valence-corrected chi connectivity index (χ1v) is 5.88. The summed E-state index contributed by atoms with van der Waals surface area (Å²) in [4.78, 5) is 17.5. The number of aromatic nitrogens is 1. The van der Waals surface area contributed by atoms with Gasteiger partial charge in [0, 0.05) is 40.0 Å². The van der Waals surface area contributed by atoms with Crippen LogP contribution in [0, 0.1) is 0 Å². The van der Waals surface area contributed by atoms with Gasteiger partial charge in [0.1, 0.15) is 5.82 Å². The Hall–Kier alpha value is -1.82. The topological polar surface area (TPSA) is 77.5 Å². The molecule has 2 amide bonds. The molecule has 0 radical (unpaired) electrons. The number of hydrogen-bond acceptors (Lipinski definition) is 4. The van der Waals surface area contributed by atoms with E-state index in [4.69, 9.17) is 5.11 Å². The highest BCUT2D eigenvalue weighted by atomic mass is 16.3. The van der Waals surface area contributed by atoms with Crippen molar-refractivity contribution in [3.63, 3.8) is 0 Å². The molecule has 0 aromatic carbocycles. The molecule has 1 aromatic rings. The van der Waals surface area contributed by atoms with Crippen LogP contribution in [0.2, 0.25) is 0 Å². The van der Waals surface area contributed by atoms with E-state index in [1.165, 1.54) is 0 Å². The van der Waals surface area contributed by atoms with E-state index in [2.05, 4.69) is 15.6 Å². The maximum absolute atomic E-state index is 11.4. The number of aliphatic hydroxyl groups excluding tert-OH is 1. The molecular formula is C12H20N4O2. The van der Waals surface area contributed by atoms with Crippen molar-refractivity contribution >= 4 is 11.8 Å². The van der Waals surface area contributed by atoms with Crippen LogP contribution in [0.4, 0.5) is 10.6 Å². The van der Waals surface area contributed by atoms with Crippen LogP contribution < -0.4 is 15.5 Å². The Balaban J connectivity index is 2.38. The molecule has 1 heterocycles. The summed E-state index contributed by atoms with van der Waals surface area (Å²) in [5.41, 5.74) is 0.992. The lowest BCUT2D eigenvalue weighted by atomic mass is 10.2. The maximum Gasteiger partial charge on any atom is 0.315 e. The van der Waals surface area contributed by atoms with Crippen molar-refractivity contribution in [2.24, 2.45) is 0 Å². The molecule has 1 aromatic heterocycles. The van der Waals surface area contributed by atoms with Crippen LogP contribution in [-0.4, -0.2) is 43.4 Å². The predicted molar refractivity (Wildman–Crippen MR) is 70.5 cm³/mol. The van der Waals surface area contributed by atoms with Crippen LogP contribution in [0.5, 0.6) is 0 Å².